The smallest absolute Gasteiger partial charge is 0.308 e. The molecule has 38 heavy (non-hydrogen) atoms. The molecule has 0 radical (unpaired) electrons. The number of nitrogens with one attached hydrogen (secondary N) is 2. The summed E-state index contributed by atoms with van der Waals surface area (Å²) in [5, 5.41) is 11.7. The second-order valence-corrected chi connectivity index (χ2v) is 10.3. The largest absolute Gasteiger partial charge is 0.417 e. The van der Waals surface area contributed by atoms with Crippen LogP contribution in [0, 0.1) is 0 Å². The molecule has 6 nitrogen and oxygen atoms in total. The third-order valence-corrected chi connectivity index (χ3v) is 6.19. The van der Waals surface area contributed by atoms with E-state index in [0.29, 0.717) is 5.69 Å². The van der Waals surface area contributed by atoms with Crippen molar-refractivity contribution in [2.24, 2.45) is 5.10 Å². The van der Waals surface area contributed by atoms with Crippen LogP contribution in [0.5, 0.6) is 0 Å². The van der Waals surface area contributed by atoms with E-state index < -0.39 is 22.8 Å². The molecular formula is C28H27ClF3N5O. The molecule has 2 N–H and O–H groups in total. The van der Waals surface area contributed by atoms with E-state index in [0.717, 1.165) is 34.5 Å². The van der Waals surface area contributed by atoms with Crippen LogP contribution < -0.4 is 10.6 Å². The molecule has 1 aliphatic heterocycles. The van der Waals surface area contributed by atoms with Gasteiger partial charge < -0.3 is 10.6 Å². The summed E-state index contributed by atoms with van der Waals surface area (Å²) in [6, 6.07) is 13.5. The maximum absolute atomic E-state index is 13.2. The van der Waals surface area contributed by atoms with Crippen LogP contribution in [0.1, 0.15) is 44.4 Å². The highest BCUT2D eigenvalue weighted by molar-refractivity contribution is 6.32. The van der Waals surface area contributed by atoms with Gasteiger partial charge >= 0.3 is 12.2 Å². The van der Waals surface area contributed by atoms with Crippen LogP contribution in [0.15, 0.2) is 78.2 Å². The van der Waals surface area contributed by atoms with Crippen molar-refractivity contribution in [3.63, 3.8) is 0 Å². The molecule has 4 rings (SSSR count). The van der Waals surface area contributed by atoms with Gasteiger partial charge in [-0.05, 0) is 75.7 Å². The summed E-state index contributed by atoms with van der Waals surface area (Å²) in [4.78, 5) is 16.7. The molecule has 2 amide bonds. The summed E-state index contributed by atoms with van der Waals surface area (Å²) in [6.45, 7) is 8.35. The van der Waals surface area contributed by atoms with Crippen molar-refractivity contribution in [2.75, 3.05) is 10.6 Å². The molecule has 0 bridgehead atoms. The van der Waals surface area contributed by atoms with Gasteiger partial charge in [-0.15, -0.1) is 0 Å². The predicted molar refractivity (Wildman–Crippen MR) is 145 cm³/mol. The highest BCUT2D eigenvalue weighted by atomic mass is 35.5. The van der Waals surface area contributed by atoms with E-state index in [1.807, 2.05) is 23.2 Å². The zero-order valence-electron chi connectivity index (χ0n) is 21.3. The number of rotatable bonds is 4. The molecule has 1 aliphatic rings. The molecular weight excluding hydrogens is 515 g/mol. The van der Waals surface area contributed by atoms with Crippen LogP contribution in [0.2, 0.25) is 5.02 Å². The number of hydrazone groups is 1. The fourth-order valence-corrected chi connectivity index (χ4v) is 4.46. The molecule has 0 saturated heterocycles. The molecule has 0 saturated carbocycles. The number of hydrogen-bond acceptors (Lipinski definition) is 4. The van der Waals surface area contributed by atoms with Gasteiger partial charge in [-0.25, -0.2) is 4.79 Å². The van der Waals surface area contributed by atoms with Gasteiger partial charge in [0.15, 0.2) is 0 Å². The lowest BCUT2D eigenvalue weighted by atomic mass is 9.92. The first-order chi connectivity index (χ1) is 17.8. The second-order valence-electron chi connectivity index (χ2n) is 9.87. The van der Waals surface area contributed by atoms with Crippen molar-refractivity contribution >= 4 is 40.3 Å². The Kier molecular flexibility index (Phi) is 7.51. The number of carbonyl (C=O) groups excluding carboxylic acids is 1. The molecule has 198 valence electrons. The van der Waals surface area contributed by atoms with Gasteiger partial charge in [-0.3, -0.25) is 9.99 Å². The van der Waals surface area contributed by atoms with E-state index >= 15 is 0 Å². The number of aromatic nitrogens is 1. The van der Waals surface area contributed by atoms with Gasteiger partial charge in [0.1, 0.15) is 0 Å². The molecule has 2 heterocycles. The second kappa shape index (κ2) is 10.5. The van der Waals surface area contributed by atoms with Crippen LogP contribution in [0.3, 0.4) is 0 Å². The number of urea groups is 1. The molecule has 0 unspecified atom stereocenters. The Balaban J connectivity index is 1.60. The third-order valence-electron chi connectivity index (χ3n) is 5.86. The zero-order chi connectivity index (χ0) is 27.7. The average Bonchev–Trinajstić information content (AvgIpc) is 2.84. The maximum Gasteiger partial charge on any atom is 0.417 e. The molecule has 3 aromatic rings. The average molecular weight is 542 g/mol. The van der Waals surface area contributed by atoms with E-state index in [4.69, 9.17) is 16.7 Å². The van der Waals surface area contributed by atoms with E-state index in [1.165, 1.54) is 6.07 Å². The van der Waals surface area contributed by atoms with Crippen molar-refractivity contribution in [3.8, 4) is 0 Å². The Morgan fingerprint density at radius 2 is 1.61 bits per heavy atom. The Labute approximate surface area is 224 Å². The Hall–Kier alpha value is -3.85. The van der Waals surface area contributed by atoms with Gasteiger partial charge in [0.05, 0.1) is 27.9 Å². The number of benzene rings is 2. The fourth-order valence-electron chi connectivity index (χ4n) is 4.24. The van der Waals surface area contributed by atoms with Crippen molar-refractivity contribution < 1.29 is 18.0 Å². The van der Waals surface area contributed by atoms with E-state index in [-0.39, 0.29) is 17.3 Å². The van der Waals surface area contributed by atoms with Gasteiger partial charge in [0.25, 0.3) is 0 Å². The number of anilines is 2. The molecule has 0 aliphatic carbocycles. The molecule has 0 fully saturated rings. The minimum Gasteiger partial charge on any atom is -0.308 e. The van der Waals surface area contributed by atoms with E-state index in [2.05, 4.69) is 49.4 Å². The third kappa shape index (κ3) is 6.16. The van der Waals surface area contributed by atoms with Crippen LogP contribution in [-0.2, 0) is 6.18 Å². The van der Waals surface area contributed by atoms with Crippen LogP contribution in [0.4, 0.5) is 29.3 Å². The zero-order valence-corrected chi connectivity index (χ0v) is 22.0. The normalized spacial score (nSPS) is 16.0. The van der Waals surface area contributed by atoms with Crippen LogP contribution >= 0.6 is 11.6 Å². The summed E-state index contributed by atoms with van der Waals surface area (Å²) in [7, 11) is 0. The van der Waals surface area contributed by atoms with Crippen LogP contribution in [-0.4, -0.2) is 33.3 Å². The number of amides is 2. The van der Waals surface area contributed by atoms with Gasteiger partial charge in [-0.1, -0.05) is 29.8 Å². The summed E-state index contributed by atoms with van der Waals surface area (Å²) in [5.74, 6) is 0. The standard InChI is InChI=1S/C28H27ClF3N5O/c1-17-14-22(25(18-10-12-33-13-11-18)36-37(17)27(2,3)4)19-6-5-7-20(15-19)34-26(38)35-21-8-9-24(29)23(16-21)28(30,31)32/h5-17H,1-4H3,(H2,34,35,38)/t17-/m0/s1. The van der Waals surface area contributed by atoms with E-state index in [9.17, 15) is 18.0 Å². The van der Waals surface area contributed by atoms with Gasteiger partial charge in [0, 0.05) is 34.9 Å². The number of allylic oxidation sites excluding steroid dienone is 1. The summed E-state index contributed by atoms with van der Waals surface area (Å²) < 4.78 is 39.5. The first-order valence-corrected chi connectivity index (χ1v) is 12.3. The van der Waals surface area contributed by atoms with Gasteiger partial charge in [-0.2, -0.15) is 18.3 Å². The Bertz CT molecular complexity index is 1400. The first-order valence-electron chi connectivity index (χ1n) is 11.9. The Morgan fingerprint density at radius 3 is 2.24 bits per heavy atom. The summed E-state index contributed by atoms with van der Waals surface area (Å²) in [6.07, 6.45) is 0.900. The number of carbonyl (C=O) groups is 1. The van der Waals surface area contributed by atoms with Crippen molar-refractivity contribution in [3.05, 3.63) is 94.8 Å². The SMILES string of the molecule is C[C@H]1C=C(c2cccc(NC(=O)Nc3ccc(Cl)c(C(F)(F)F)c3)c2)C(c2ccncc2)=NN1C(C)(C)C. The van der Waals surface area contributed by atoms with Crippen molar-refractivity contribution in [2.45, 2.75) is 45.5 Å². The van der Waals surface area contributed by atoms with E-state index in [1.54, 1.807) is 30.6 Å². The molecule has 1 aromatic heterocycles. The van der Waals surface area contributed by atoms with Crippen molar-refractivity contribution in [1.82, 2.24) is 9.99 Å². The molecule has 10 heteroatoms. The van der Waals surface area contributed by atoms with Crippen molar-refractivity contribution in [1.29, 1.82) is 0 Å². The summed E-state index contributed by atoms with van der Waals surface area (Å²) >= 11 is 5.67. The lowest BCUT2D eigenvalue weighted by molar-refractivity contribution is -0.137. The maximum atomic E-state index is 13.2. The number of hydrogen-bond donors (Lipinski definition) is 2. The Morgan fingerprint density at radius 1 is 0.947 bits per heavy atom. The number of pyridine rings is 1. The molecule has 2 aromatic carbocycles. The van der Waals surface area contributed by atoms with Gasteiger partial charge in [0.2, 0.25) is 0 Å². The minimum absolute atomic E-state index is 0.00299. The highest BCUT2D eigenvalue weighted by Crippen LogP contribution is 2.36. The number of nitrogens with zero attached hydrogens (tertiary/aromatic N) is 3. The topological polar surface area (TPSA) is 69.6 Å². The number of alkyl halides is 3. The molecule has 1 atom stereocenters. The number of halogens is 4. The quantitative estimate of drug-likeness (QED) is 0.356. The first kappa shape index (κ1) is 27.2. The summed E-state index contributed by atoms with van der Waals surface area (Å²) in [5.41, 5.74) is 2.57. The highest BCUT2D eigenvalue weighted by Gasteiger charge is 2.33. The molecule has 0 spiro atoms. The minimum atomic E-state index is -4.64. The monoisotopic (exact) mass is 541 g/mol. The van der Waals surface area contributed by atoms with Crippen LogP contribution in [0.25, 0.3) is 5.57 Å². The predicted octanol–water partition coefficient (Wildman–Crippen LogP) is 7.69. The lowest BCUT2D eigenvalue weighted by Crippen LogP contribution is -2.45. The fraction of sp³-hybridized carbons (Fsp3) is 0.250. The lowest BCUT2D eigenvalue weighted by Gasteiger charge is -2.40.